The number of likely N-dealkylation sites (tertiary alicyclic amines) is 1. The van der Waals surface area contributed by atoms with E-state index in [1.54, 1.807) is 18.2 Å². The fourth-order valence-corrected chi connectivity index (χ4v) is 3.51. The predicted octanol–water partition coefficient (Wildman–Crippen LogP) is 3.35. The summed E-state index contributed by atoms with van der Waals surface area (Å²) in [5.74, 6) is -2.52. The number of halogens is 2. The molecule has 6 heteroatoms. The standard InChI is InChI=1S/C21H22F2N2O2/c1-13(2)24-20(26)18-12-25(21(27)16-8-3-4-9-19(16)23)11-17(18)14-6-5-7-15(22)10-14/h3-10,13,17-18H,11-12H2,1-2H3,(H,24,26). The van der Waals surface area contributed by atoms with Crippen molar-refractivity contribution in [3.05, 3.63) is 71.3 Å². The van der Waals surface area contributed by atoms with Crippen molar-refractivity contribution >= 4 is 11.8 Å². The summed E-state index contributed by atoms with van der Waals surface area (Å²) < 4.78 is 27.7. The lowest BCUT2D eigenvalue weighted by Crippen LogP contribution is -2.39. The number of amides is 2. The molecule has 0 radical (unpaired) electrons. The number of hydrogen-bond acceptors (Lipinski definition) is 2. The zero-order valence-electron chi connectivity index (χ0n) is 15.3. The predicted molar refractivity (Wildman–Crippen MR) is 98.2 cm³/mol. The topological polar surface area (TPSA) is 49.4 Å². The molecule has 2 atom stereocenters. The maximum atomic E-state index is 14.0. The molecular weight excluding hydrogens is 350 g/mol. The molecule has 0 bridgehead atoms. The first-order chi connectivity index (χ1) is 12.9. The van der Waals surface area contributed by atoms with Crippen molar-refractivity contribution in [2.24, 2.45) is 5.92 Å². The van der Waals surface area contributed by atoms with Crippen molar-refractivity contribution in [1.82, 2.24) is 10.2 Å². The number of nitrogens with one attached hydrogen (secondary N) is 1. The highest BCUT2D eigenvalue weighted by molar-refractivity contribution is 5.95. The number of carbonyl (C=O) groups is 2. The summed E-state index contributed by atoms with van der Waals surface area (Å²) in [6, 6.07) is 11.8. The second kappa shape index (κ2) is 7.86. The molecule has 1 aliphatic heterocycles. The van der Waals surface area contributed by atoms with E-state index in [9.17, 15) is 18.4 Å². The van der Waals surface area contributed by atoms with Crippen LogP contribution in [-0.2, 0) is 4.79 Å². The van der Waals surface area contributed by atoms with E-state index in [0.29, 0.717) is 5.56 Å². The lowest BCUT2D eigenvalue weighted by molar-refractivity contribution is -0.125. The van der Waals surface area contributed by atoms with E-state index in [-0.39, 0.29) is 36.5 Å². The van der Waals surface area contributed by atoms with Crippen molar-refractivity contribution in [3.63, 3.8) is 0 Å². The lowest BCUT2D eigenvalue weighted by Gasteiger charge is -2.19. The van der Waals surface area contributed by atoms with Gasteiger partial charge < -0.3 is 10.2 Å². The monoisotopic (exact) mass is 372 g/mol. The molecule has 0 aromatic heterocycles. The van der Waals surface area contributed by atoms with Crippen molar-refractivity contribution in [1.29, 1.82) is 0 Å². The average Bonchev–Trinajstić information content (AvgIpc) is 3.06. The van der Waals surface area contributed by atoms with E-state index in [2.05, 4.69) is 5.32 Å². The fourth-order valence-electron chi connectivity index (χ4n) is 3.51. The Balaban J connectivity index is 1.90. The van der Waals surface area contributed by atoms with Crippen LogP contribution in [0, 0.1) is 17.6 Å². The van der Waals surface area contributed by atoms with Gasteiger partial charge in [0.05, 0.1) is 11.5 Å². The molecule has 4 nitrogen and oxygen atoms in total. The van der Waals surface area contributed by atoms with Crippen LogP contribution in [-0.4, -0.2) is 35.8 Å². The summed E-state index contributed by atoms with van der Waals surface area (Å²) in [6.07, 6.45) is 0. The van der Waals surface area contributed by atoms with Crippen LogP contribution in [0.15, 0.2) is 48.5 Å². The van der Waals surface area contributed by atoms with Gasteiger partial charge in [-0.25, -0.2) is 8.78 Å². The Hall–Kier alpha value is -2.76. The highest BCUT2D eigenvalue weighted by atomic mass is 19.1. The third kappa shape index (κ3) is 4.15. The summed E-state index contributed by atoms with van der Waals surface area (Å²) >= 11 is 0. The van der Waals surface area contributed by atoms with Crippen LogP contribution in [0.3, 0.4) is 0 Å². The highest BCUT2D eigenvalue weighted by Gasteiger charge is 2.41. The second-order valence-corrected chi connectivity index (χ2v) is 7.12. The minimum Gasteiger partial charge on any atom is -0.354 e. The van der Waals surface area contributed by atoms with E-state index in [4.69, 9.17) is 0 Å². The molecule has 27 heavy (non-hydrogen) atoms. The number of rotatable bonds is 4. The van der Waals surface area contributed by atoms with Gasteiger partial charge in [0.25, 0.3) is 5.91 Å². The smallest absolute Gasteiger partial charge is 0.256 e. The summed E-state index contributed by atoms with van der Waals surface area (Å²) in [5, 5.41) is 2.86. The number of nitrogens with zero attached hydrogens (tertiary/aromatic N) is 1. The quantitative estimate of drug-likeness (QED) is 0.895. The van der Waals surface area contributed by atoms with Gasteiger partial charge in [0.2, 0.25) is 5.91 Å². The van der Waals surface area contributed by atoms with Gasteiger partial charge in [-0.15, -0.1) is 0 Å². The first-order valence-electron chi connectivity index (χ1n) is 8.96. The van der Waals surface area contributed by atoms with E-state index in [1.165, 1.54) is 35.2 Å². The Morgan fingerprint density at radius 3 is 2.48 bits per heavy atom. The van der Waals surface area contributed by atoms with Gasteiger partial charge in [-0.3, -0.25) is 9.59 Å². The fraction of sp³-hybridized carbons (Fsp3) is 0.333. The first kappa shape index (κ1) is 19.0. The van der Waals surface area contributed by atoms with E-state index in [0.717, 1.165) is 0 Å². The SMILES string of the molecule is CC(C)NC(=O)C1CN(C(=O)c2ccccc2F)CC1c1cccc(F)c1. The molecule has 2 amide bonds. The van der Waals surface area contributed by atoms with Gasteiger partial charge in [-0.1, -0.05) is 24.3 Å². The minimum absolute atomic E-state index is 0.0274. The molecular formula is C21H22F2N2O2. The molecule has 3 rings (SSSR count). The Morgan fingerprint density at radius 2 is 1.81 bits per heavy atom. The van der Waals surface area contributed by atoms with Crippen molar-refractivity contribution in [3.8, 4) is 0 Å². The van der Waals surface area contributed by atoms with Gasteiger partial charge in [0, 0.05) is 25.0 Å². The van der Waals surface area contributed by atoms with Crippen LogP contribution in [0.25, 0.3) is 0 Å². The van der Waals surface area contributed by atoms with Gasteiger partial charge in [-0.2, -0.15) is 0 Å². The highest BCUT2D eigenvalue weighted by Crippen LogP contribution is 2.34. The Bertz CT molecular complexity index is 854. The molecule has 2 unspecified atom stereocenters. The van der Waals surface area contributed by atoms with E-state index >= 15 is 0 Å². The lowest BCUT2D eigenvalue weighted by atomic mass is 9.88. The van der Waals surface area contributed by atoms with E-state index < -0.39 is 23.5 Å². The first-order valence-corrected chi connectivity index (χ1v) is 8.96. The summed E-state index contributed by atoms with van der Waals surface area (Å²) in [5.41, 5.74) is 0.628. The molecule has 0 aliphatic carbocycles. The third-order valence-corrected chi connectivity index (χ3v) is 4.76. The number of carbonyl (C=O) groups excluding carboxylic acids is 2. The molecule has 1 saturated heterocycles. The zero-order chi connectivity index (χ0) is 19.6. The average molecular weight is 372 g/mol. The van der Waals surface area contributed by atoms with Crippen LogP contribution in [0.4, 0.5) is 8.78 Å². The number of hydrogen-bond donors (Lipinski definition) is 1. The molecule has 0 saturated carbocycles. The Kier molecular flexibility index (Phi) is 5.54. The summed E-state index contributed by atoms with van der Waals surface area (Å²) in [6.45, 7) is 4.10. The summed E-state index contributed by atoms with van der Waals surface area (Å²) in [7, 11) is 0. The molecule has 1 heterocycles. The van der Waals surface area contributed by atoms with Gasteiger partial charge in [0.1, 0.15) is 11.6 Å². The van der Waals surface area contributed by atoms with Crippen LogP contribution in [0.5, 0.6) is 0 Å². The maximum Gasteiger partial charge on any atom is 0.256 e. The largest absolute Gasteiger partial charge is 0.354 e. The summed E-state index contributed by atoms with van der Waals surface area (Å²) in [4.78, 5) is 26.9. The molecule has 2 aromatic carbocycles. The van der Waals surface area contributed by atoms with Gasteiger partial charge >= 0.3 is 0 Å². The normalized spacial score (nSPS) is 19.4. The van der Waals surface area contributed by atoms with Crippen LogP contribution < -0.4 is 5.32 Å². The molecule has 1 fully saturated rings. The molecule has 142 valence electrons. The molecule has 0 spiro atoms. The van der Waals surface area contributed by atoms with Crippen LogP contribution in [0.2, 0.25) is 0 Å². The van der Waals surface area contributed by atoms with Gasteiger partial charge in [0.15, 0.2) is 0 Å². The Morgan fingerprint density at radius 1 is 1.07 bits per heavy atom. The second-order valence-electron chi connectivity index (χ2n) is 7.12. The van der Waals surface area contributed by atoms with Crippen molar-refractivity contribution in [2.75, 3.05) is 13.1 Å². The molecule has 1 aliphatic rings. The Labute approximate surface area is 157 Å². The third-order valence-electron chi connectivity index (χ3n) is 4.76. The van der Waals surface area contributed by atoms with E-state index in [1.807, 2.05) is 13.8 Å². The van der Waals surface area contributed by atoms with Crippen LogP contribution in [0.1, 0.15) is 35.7 Å². The van der Waals surface area contributed by atoms with Crippen molar-refractivity contribution < 1.29 is 18.4 Å². The van der Waals surface area contributed by atoms with Gasteiger partial charge in [-0.05, 0) is 43.7 Å². The molecule has 2 aromatic rings. The maximum absolute atomic E-state index is 14.0. The van der Waals surface area contributed by atoms with Crippen LogP contribution >= 0.6 is 0 Å². The minimum atomic E-state index is -0.597. The van der Waals surface area contributed by atoms with Crippen molar-refractivity contribution in [2.45, 2.75) is 25.8 Å². The number of benzene rings is 2. The zero-order valence-corrected chi connectivity index (χ0v) is 15.3. The molecule has 1 N–H and O–H groups in total.